The van der Waals surface area contributed by atoms with Gasteiger partial charge in [-0.2, -0.15) is 0 Å². The maximum atomic E-state index is 11.2. The van der Waals surface area contributed by atoms with E-state index in [-0.39, 0.29) is 0 Å². The van der Waals surface area contributed by atoms with Crippen LogP contribution in [-0.4, -0.2) is 18.9 Å². The van der Waals surface area contributed by atoms with E-state index in [1.165, 1.54) is 0 Å². The van der Waals surface area contributed by atoms with Crippen molar-refractivity contribution < 1.29 is 4.79 Å². The van der Waals surface area contributed by atoms with Crippen LogP contribution in [-0.2, 0) is 4.79 Å². The predicted molar refractivity (Wildman–Crippen MR) is 67.1 cm³/mol. The van der Waals surface area contributed by atoms with Crippen LogP contribution in [0.4, 0.5) is 5.69 Å². The van der Waals surface area contributed by atoms with Crippen molar-refractivity contribution in [1.29, 1.82) is 0 Å². The Morgan fingerprint density at radius 1 is 1.25 bits per heavy atom. The zero-order valence-electron chi connectivity index (χ0n) is 9.45. The van der Waals surface area contributed by atoms with E-state index >= 15 is 0 Å². The minimum Gasteiger partial charge on any atom is -0.370 e. The van der Waals surface area contributed by atoms with Crippen LogP contribution >= 0.6 is 11.6 Å². The summed E-state index contributed by atoms with van der Waals surface area (Å²) in [6, 6.07) is 8.30. The summed E-state index contributed by atoms with van der Waals surface area (Å²) < 4.78 is 0. The summed E-state index contributed by atoms with van der Waals surface area (Å²) in [5.41, 5.74) is 1.06. The molecule has 1 saturated carbocycles. The lowest BCUT2D eigenvalue weighted by Crippen LogP contribution is -2.35. The van der Waals surface area contributed by atoms with Gasteiger partial charge in [0.05, 0.1) is 10.7 Å². The van der Waals surface area contributed by atoms with E-state index in [1.54, 1.807) is 0 Å². The highest BCUT2D eigenvalue weighted by Gasteiger charge is 2.23. The number of benzene rings is 1. The van der Waals surface area contributed by atoms with Crippen LogP contribution in [0.1, 0.15) is 25.7 Å². The van der Waals surface area contributed by atoms with Crippen LogP contribution in [0.15, 0.2) is 24.3 Å². The second-order valence-corrected chi connectivity index (χ2v) is 4.74. The van der Waals surface area contributed by atoms with Crippen LogP contribution < -0.4 is 4.90 Å². The van der Waals surface area contributed by atoms with Crippen molar-refractivity contribution in [3.05, 3.63) is 29.3 Å². The van der Waals surface area contributed by atoms with Crippen molar-refractivity contribution in [1.82, 2.24) is 0 Å². The van der Waals surface area contributed by atoms with Gasteiger partial charge in [-0.1, -0.05) is 23.7 Å². The fourth-order valence-corrected chi connectivity index (χ4v) is 2.52. The first-order valence-corrected chi connectivity index (χ1v) is 6.05. The normalized spacial score (nSPS) is 17.5. The molecule has 0 bridgehead atoms. The van der Waals surface area contributed by atoms with Gasteiger partial charge < -0.3 is 4.90 Å². The number of carbonyl (C=O) groups excluding carboxylic acids is 1. The summed E-state index contributed by atoms with van der Waals surface area (Å²) in [6.07, 6.45) is 3.31. The Labute approximate surface area is 101 Å². The number of ketones is 1. The van der Waals surface area contributed by atoms with Crippen molar-refractivity contribution in [2.75, 3.05) is 11.9 Å². The van der Waals surface area contributed by atoms with Crippen LogP contribution in [0.2, 0.25) is 5.02 Å². The second kappa shape index (κ2) is 4.88. The maximum Gasteiger partial charge on any atom is 0.133 e. The molecule has 1 aromatic carbocycles. The first-order chi connectivity index (χ1) is 7.68. The molecule has 0 heterocycles. The minimum absolute atomic E-state index is 0.392. The zero-order valence-corrected chi connectivity index (χ0v) is 10.2. The minimum atomic E-state index is 0.392. The van der Waals surface area contributed by atoms with E-state index in [0.29, 0.717) is 24.7 Å². The smallest absolute Gasteiger partial charge is 0.133 e. The number of nitrogens with zero attached hydrogens (tertiary/aromatic N) is 1. The molecular weight excluding hydrogens is 222 g/mol. The average molecular weight is 238 g/mol. The molecule has 0 saturated heterocycles. The van der Waals surface area contributed by atoms with Gasteiger partial charge >= 0.3 is 0 Å². The number of hydrogen-bond acceptors (Lipinski definition) is 2. The highest BCUT2D eigenvalue weighted by atomic mass is 35.5. The van der Waals surface area contributed by atoms with Crippen LogP contribution in [0, 0.1) is 0 Å². The van der Waals surface area contributed by atoms with Crippen molar-refractivity contribution in [2.24, 2.45) is 0 Å². The Bertz CT molecular complexity index is 381. The molecule has 0 unspecified atom stereocenters. The Hall–Kier alpha value is -1.02. The largest absolute Gasteiger partial charge is 0.370 e. The first-order valence-electron chi connectivity index (χ1n) is 5.67. The fourth-order valence-electron chi connectivity index (χ4n) is 2.25. The molecule has 2 rings (SSSR count). The van der Waals surface area contributed by atoms with Gasteiger partial charge in [-0.25, -0.2) is 0 Å². The van der Waals surface area contributed by atoms with E-state index in [0.717, 1.165) is 23.6 Å². The third-order valence-electron chi connectivity index (χ3n) is 3.29. The quantitative estimate of drug-likeness (QED) is 0.787. The third kappa shape index (κ3) is 2.38. The van der Waals surface area contributed by atoms with Gasteiger partial charge in [-0.3, -0.25) is 4.79 Å². The molecule has 0 radical (unpaired) electrons. The van der Waals surface area contributed by atoms with Crippen molar-refractivity contribution >= 4 is 23.1 Å². The summed E-state index contributed by atoms with van der Waals surface area (Å²) in [5, 5.41) is 0.780. The molecule has 3 heteroatoms. The van der Waals surface area contributed by atoms with Crippen LogP contribution in [0.3, 0.4) is 0 Å². The van der Waals surface area contributed by atoms with Crippen LogP contribution in [0.5, 0.6) is 0 Å². The number of halogens is 1. The van der Waals surface area contributed by atoms with E-state index in [9.17, 15) is 4.79 Å². The summed E-state index contributed by atoms with van der Waals surface area (Å²) in [7, 11) is 2.06. The monoisotopic (exact) mass is 237 g/mol. The number of hydrogen-bond donors (Lipinski definition) is 0. The number of para-hydroxylation sites is 1. The van der Waals surface area contributed by atoms with Crippen molar-refractivity contribution in [2.45, 2.75) is 31.7 Å². The fraction of sp³-hybridized carbons (Fsp3) is 0.462. The van der Waals surface area contributed by atoms with Crippen molar-refractivity contribution in [3.63, 3.8) is 0 Å². The highest BCUT2D eigenvalue weighted by Crippen LogP contribution is 2.29. The number of carbonyl (C=O) groups is 1. The molecule has 0 amide bonds. The average Bonchev–Trinajstić information content (AvgIpc) is 2.30. The van der Waals surface area contributed by atoms with Gasteiger partial charge in [0, 0.05) is 25.9 Å². The predicted octanol–water partition coefficient (Wildman–Crippen LogP) is 3.29. The molecule has 16 heavy (non-hydrogen) atoms. The SMILES string of the molecule is CN(c1ccccc1Cl)C1CCC(=O)CC1. The van der Waals surface area contributed by atoms with Gasteiger partial charge in [0.2, 0.25) is 0 Å². The number of anilines is 1. The molecule has 0 atom stereocenters. The molecule has 0 N–H and O–H groups in total. The second-order valence-electron chi connectivity index (χ2n) is 4.33. The van der Waals surface area contributed by atoms with E-state index in [2.05, 4.69) is 11.9 Å². The van der Waals surface area contributed by atoms with E-state index < -0.39 is 0 Å². The number of Topliss-reactive ketones (excluding diaryl/α,β-unsaturated/α-hetero) is 1. The van der Waals surface area contributed by atoms with Gasteiger partial charge in [0.1, 0.15) is 5.78 Å². The Kier molecular flexibility index (Phi) is 3.49. The van der Waals surface area contributed by atoms with Gasteiger partial charge in [-0.15, -0.1) is 0 Å². The number of rotatable bonds is 2. The van der Waals surface area contributed by atoms with Crippen LogP contribution in [0.25, 0.3) is 0 Å². The lowest BCUT2D eigenvalue weighted by Gasteiger charge is -2.33. The molecule has 0 aliphatic heterocycles. The first kappa shape index (κ1) is 11.5. The van der Waals surface area contributed by atoms with Gasteiger partial charge in [-0.05, 0) is 25.0 Å². The molecular formula is C13H16ClNO. The molecule has 86 valence electrons. The zero-order chi connectivity index (χ0) is 11.5. The molecule has 0 aromatic heterocycles. The highest BCUT2D eigenvalue weighted by molar-refractivity contribution is 6.33. The summed E-state index contributed by atoms with van der Waals surface area (Å²) in [4.78, 5) is 13.4. The molecule has 1 fully saturated rings. The summed E-state index contributed by atoms with van der Waals surface area (Å²) in [5.74, 6) is 0.392. The Morgan fingerprint density at radius 3 is 2.50 bits per heavy atom. The molecule has 0 spiro atoms. The van der Waals surface area contributed by atoms with E-state index in [1.807, 2.05) is 24.3 Å². The Balaban J connectivity index is 2.10. The van der Waals surface area contributed by atoms with Gasteiger partial charge in [0.25, 0.3) is 0 Å². The molecule has 1 aliphatic rings. The molecule has 1 aliphatic carbocycles. The lowest BCUT2D eigenvalue weighted by atomic mass is 9.93. The van der Waals surface area contributed by atoms with E-state index in [4.69, 9.17) is 11.6 Å². The van der Waals surface area contributed by atoms with Crippen molar-refractivity contribution in [3.8, 4) is 0 Å². The standard InChI is InChI=1S/C13H16ClNO/c1-15(10-6-8-11(16)9-7-10)13-5-3-2-4-12(13)14/h2-5,10H,6-9H2,1H3. The molecule has 1 aromatic rings. The molecule has 2 nitrogen and oxygen atoms in total. The topological polar surface area (TPSA) is 20.3 Å². The third-order valence-corrected chi connectivity index (χ3v) is 3.61. The van der Waals surface area contributed by atoms with Gasteiger partial charge in [0.15, 0.2) is 0 Å². The Morgan fingerprint density at radius 2 is 1.88 bits per heavy atom. The summed E-state index contributed by atoms with van der Waals surface area (Å²) in [6.45, 7) is 0. The maximum absolute atomic E-state index is 11.2. The summed E-state index contributed by atoms with van der Waals surface area (Å²) >= 11 is 6.16. The lowest BCUT2D eigenvalue weighted by molar-refractivity contribution is -0.120.